The van der Waals surface area contributed by atoms with Crippen LogP contribution in [0.5, 0.6) is 0 Å². The first kappa shape index (κ1) is 8.18. The van der Waals surface area contributed by atoms with Crippen LogP contribution in [-0.4, -0.2) is 19.7 Å². The van der Waals surface area contributed by atoms with Crippen LogP contribution in [0.2, 0.25) is 0 Å². The average molecular weight is 195 g/mol. The van der Waals surface area contributed by atoms with Crippen LogP contribution in [0.15, 0.2) is 12.5 Å². The molecule has 0 bridgehead atoms. The van der Waals surface area contributed by atoms with E-state index >= 15 is 0 Å². The Hall–Kier alpha value is -1.43. The molecule has 0 amide bonds. The maximum atomic E-state index is 5.38. The summed E-state index contributed by atoms with van der Waals surface area (Å²) in [5.41, 5.74) is 5.38. The zero-order valence-electron chi connectivity index (χ0n) is 7.14. The van der Waals surface area contributed by atoms with E-state index in [9.17, 15) is 0 Å². The van der Waals surface area contributed by atoms with Crippen LogP contribution < -0.4 is 5.73 Å². The number of nitrogen functional groups attached to an aromatic ring is 1. The molecule has 2 rings (SSSR count). The maximum absolute atomic E-state index is 5.38. The Kier molecular flexibility index (Phi) is 1.97. The van der Waals surface area contributed by atoms with Gasteiger partial charge in [0.1, 0.15) is 11.3 Å². The minimum atomic E-state index is 0.299. The fourth-order valence-electron chi connectivity index (χ4n) is 0.998. The molecule has 68 valence electrons. The summed E-state index contributed by atoms with van der Waals surface area (Å²) in [6.45, 7) is 2.67. The number of hydrogen-bond acceptors (Lipinski definition) is 5. The molecule has 2 heterocycles. The molecule has 0 aliphatic carbocycles. The van der Waals surface area contributed by atoms with Crippen molar-refractivity contribution in [3.8, 4) is 0 Å². The summed E-state index contributed by atoms with van der Waals surface area (Å²) in [6.07, 6.45) is 3.45. The van der Waals surface area contributed by atoms with Crippen LogP contribution in [0.4, 0.5) is 5.95 Å². The van der Waals surface area contributed by atoms with Crippen LogP contribution in [0.3, 0.4) is 0 Å². The Morgan fingerprint density at radius 1 is 1.54 bits per heavy atom. The van der Waals surface area contributed by atoms with E-state index in [-0.39, 0.29) is 0 Å². The van der Waals surface area contributed by atoms with E-state index in [2.05, 4.69) is 15.1 Å². The topological polar surface area (TPSA) is 69.6 Å². The van der Waals surface area contributed by atoms with Gasteiger partial charge in [0.2, 0.25) is 5.95 Å². The van der Waals surface area contributed by atoms with Crippen molar-refractivity contribution in [2.45, 2.75) is 13.5 Å². The van der Waals surface area contributed by atoms with Crippen molar-refractivity contribution in [1.29, 1.82) is 0 Å². The van der Waals surface area contributed by atoms with Crippen molar-refractivity contribution in [2.75, 3.05) is 5.73 Å². The summed E-state index contributed by atoms with van der Waals surface area (Å²) < 4.78 is 1.67. The number of nitrogens with two attached hydrogens (primary N) is 1. The lowest BCUT2D eigenvalue weighted by Crippen LogP contribution is -2.00. The first-order valence-electron chi connectivity index (χ1n) is 3.80. The molecule has 0 aromatic carbocycles. The Morgan fingerprint density at radius 2 is 2.38 bits per heavy atom. The quantitative estimate of drug-likeness (QED) is 0.764. The number of anilines is 1. The van der Waals surface area contributed by atoms with Crippen LogP contribution in [0, 0.1) is 6.92 Å². The van der Waals surface area contributed by atoms with Gasteiger partial charge in [-0.25, -0.2) is 14.6 Å². The number of nitrogens with zero attached hydrogens (tertiary/aromatic N) is 4. The molecule has 13 heavy (non-hydrogen) atoms. The van der Waals surface area contributed by atoms with Crippen molar-refractivity contribution >= 4 is 17.3 Å². The van der Waals surface area contributed by atoms with Gasteiger partial charge in [0, 0.05) is 11.1 Å². The first-order valence-corrected chi connectivity index (χ1v) is 4.62. The molecule has 2 N–H and O–H groups in total. The molecule has 0 atom stereocenters. The number of hydrogen-bond donors (Lipinski definition) is 1. The largest absolute Gasteiger partial charge is 0.367 e. The van der Waals surface area contributed by atoms with E-state index in [0.717, 1.165) is 5.01 Å². The van der Waals surface area contributed by atoms with Gasteiger partial charge in [-0.3, -0.25) is 0 Å². The number of aromatic nitrogens is 4. The third-order valence-electron chi connectivity index (χ3n) is 1.52. The molecule has 2 aromatic heterocycles. The molecule has 0 fully saturated rings. The molecule has 5 nitrogen and oxygen atoms in total. The number of thiazole rings is 1. The molecule has 0 unspecified atom stereocenters. The summed E-state index contributed by atoms with van der Waals surface area (Å²) in [7, 11) is 0. The predicted molar refractivity (Wildman–Crippen MR) is 50.4 cm³/mol. The molecule has 0 radical (unpaired) electrons. The molecule has 2 aromatic rings. The normalized spacial score (nSPS) is 10.5. The summed E-state index contributed by atoms with van der Waals surface area (Å²) in [5, 5.41) is 4.98. The standard InChI is InChI=1S/C7H9N5S/c1-5-2-9-6(13-5)3-12-4-10-7(8)11-12/h2,4H,3H2,1H3,(H2,8,11). The highest BCUT2D eigenvalue weighted by Crippen LogP contribution is 2.11. The SMILES string of the molecule is Cc1cnc(Cn2cnc(N)n2)s1. The van der Waals surface area contributed by atoms with Gasteiger partial charge < -0.3 is 5.73 Å². The van der Waals surface area contributed by atoms with Gasteiger partial charge in [-0.2, -0.15) is 0 Å². The summed E-state index contributed by atoms with van der Waals surface area (Å²) in [4.78, 5) is 9.23. The van der Waals surface area contributed by atoms with Gasteiger partial charge in [-0.05, 0) is 6.92 Å². The van der Waals surface area contributed by atoms with Gasteiger partial charge in [0.15, 0.2) is 0 Å². The second-order valence-corrected chi connectivity index (χ2v) is 3.98. The second-order valence-electron chi connectivity index (χ2n) is 2.66. The zero-order chi connectivity index (χ0) is 9.26. The van der Waals surface area contributed by atoms with Gasteiger partial charge in [-0.15, -0.1) is 16.4 Å². The minimum Gasteiger partial charge on any atom is -0.367 e. The predicted octanol–water partition coefficient (Wildman–Crippen LogP) is 0.674. The van der Waals surface area contributed by atoms with Gasteiger partial charge in [-0.1, -0.05) is 0 Å². The van der Waals surface area contributed by atoms with Gasteiger partial charge >= 0.3 is 0 Å². The molecular weight excluding hydrogens is 186 g/mol. The molecule has 0 aliphatic heterocycles. The lowest BCUT2D eigenvalue weighted by atomic mass is 10.6. The molecule has 6 heteroatoms. The fourth-order valence-corrected chi connectivity index (χ4v) is 1.78. The van der Waals surface area contributed by atoms with Gasteiger partial charge in [0.25, 0.3) is 0 Å². The third kappa shape index (κ3) is 1.83. The second kappa shape index (κ2) is 3.14. The number of aryl methyl sites for hydroxylation is 1. The summed E-state index contributed by atoms with van der Waals surface area (Å²) in [5.74, 6) is 0.299. The van der Waals surface area contributed by atoms with Crippen molar-refractivity contribution in [3.05, 3.63) is 22.4 Å². The van der Waals surface area contributed by atoms with E-state index in [1.165, 1.54) is 4.88 Å². The monoisotopic (exact) mass is 195 g/mol. The summed E-state index contributed by atoms with van der Waals surface area (Å²) >= 11 is 1.65. The highest BCUT2D eigenvalue weighted by Gasteiger charge is 2.01. The third-order valence-corrected chi connectivity index (χ3v) is 2.42. The van der Waals surface area contributed by atoms with E-state index in [1.807, 2.05) is 13.1 Å². The molecular formula is C7H9N5S. The average Bonchev–Trinajstić information content (AvgIpc) is 2.62. The molecule has 0 spiro atoms. The fraction of sp³-hybridized carbons (Fsp3) is 0.286. The van der Waals surface area contributed by atoms with Crippen molar-refractivity contribution in [1.82, 2.24) is 19.7 Å². The molecule has 0 aliphatic rings. The lowest BCUT2D eigenvalue weighted by Gasteiger charge is -1.93. The smallest absolute Gasteiger partial charge is 0.239 e. The van der Waals surface area contributed by atoms with Gasteiger partial charge in [0.05, 0.1) is 6.54 Å². The highest BCUT2D eigenvalue weighted by molar-refractivity contribution is 7.11. The summed E-state index contributed by atoms with van der Waals surface area (Å²) in [6, 6.07) is 0. The maximum Gasteiger partial charge on any atom is 0.239 e. The van der Waals surface area contributed by atoms with Crippen molar-refractivity contribution < 1.29 is 0 Å². The molecule has 0 saturated heterocycles. The van der Waals surface area contributed by atoms with Crippen LogP contribution >= 0.6 is 11.3 Å². The Morgan fingerprint density at radius 3 is 2.92 bits per heavy atom. The van der Waals surface area contributed by atoms with Crippen molar-refractivity contribution in [3.63, 3.8) is 0 Å². The van der Waals surface area contributed by atoms with E-state index < -0.39 is 0 Å². The Bertz CT molecular complexity index is 366. The van der Waals surface area contributed by atoms with Crippen LogP contribution in [0.1, 0.15) is 9.88 Å². The highest BCUT2D eigenvalue weighted by atomic mass is 32.1. The Labute approximate surface area is 79.2 Å². The number of rotatable bonds is 2. The van der Waals surface area contributed by atoms with E-state index in [0.29, 0.717) is 12.5 Å². The van der Waals surface area contributed by atoms with Crippen molar-refractivity contribution in [2.24, 2.45) is 0 Å². The lowest BCUT2D eigenvalue weighted by molar-refractivity contribution is 0.684. The van der Waals surface area contributed by atoms with E-state index in [4.69, 9.17) is 5.73 Å². The minimum absolute atomic E-state index is 0.299. The first-order chi connectivity index (χ1) is 6.24. The molecule has 0 saturated carbocycles. The zero-order valence-corrected chi connectivity index (χ0v) is 7.95. The van der Waals surface area contributed by atoms with E-state index in [1.54, 1.807) is 22.3 Å². The van der Waals surface area contributed by atoms with Crippen LogP contribution in [-0.2, 0) is 6.54 Å². The Balaban J connectivity index is 2.14. The van der Waals surface area contributed by atoms with Crippen LogP contribution in [0.25, 0.3) is 0 Å².